The van der Waals surface area contributed by atoms with Crippen molar-refractivity contribution in [1.82, 2.24) is 10.2 Å². The maximum Gasteiger partial charge on any atom is 0.338 e. The normalized spacial score (nSPS) is 19.9. The number of anilines is 1. The van der Waals surface area contributed by atoms with Crippen molar-refractivity contribution in [3.8, 4) is 0 Å². The lowest BCUT2D eigenvalue weighted by molar-refractivity contribution is -0.0196. The van der Waals surface area contributed by atoms with Crippen LogP contribution in [0, 0.1) is 0 Å². The number of nitrogens with one attached hydrogen (secondary N) is 1. The molecule has 0 amide bonds. The second-order valence-electron chi connectivity index (χ2n) is 9.14. The van der Waals surface area contributed by atoms with Crippen molar-refractivity contribution in [2.75, 3.05) is 24.7 Å². The second-order valence-corrected chi connectivity index (χ2v) is 9.14. The summed E-state index contributed by atoms with van der Waals surface area (Å²) in [6, 6.07) is 27.5. The van der Waals surface area contributed by atoms with Crippen LogP contribution in [0.2, 0.25) is 0 Å². The average molecular weight is 458 g/mol. The van der Waals surface area contributed by atoms with Gasteiger partial charge in [0.05, 0.1) is 17.8 Å². The van der Waals surface area contributed by atoms with E-state index in [0.717, 1.165) is 42.7 Å². The summed E-state index contributed by atoms with van der Waals surface area (Å²) in [5, 5.41) is 14.9. The van der Waals surface area contributed by atoms with Crippen molar-refractivity contribution in [1.29, 1.82) is 0 Å². The molecule has 0 radical (unpaired) electrons. The Morgan fingerprint density at radius 2 is 1.62 bits per heavy atom. The Morgan fingerprint density at radius 1 is 0.941 bits per heavy atom. The van der Waals surface area contributed by atoms with Gasteiger partial charge in [-0.2, -0.15) is 0 Å². The zero-order valence-electron chi connectivity index (χ0n) is 19.3. The number of carbonyl (C=O) groups is 1. The topological polar surface area (TPSA) is 65.0 Å². The number of esters is 1. The van der Waals surface area contributed by atoms with E-state index in [1.807, 2.05) is 66.7 Å². The summed E-state index contributed by atoms with van der Waals surface area (Å²) in [5.41, 5.74) is 3.27. The largest absolute Gasteiger partial charge is 0.457 e. The number of rotatable bonds is 6. The van der Waals surface area contributed by atoms with Crippen molar-refractivity contribution >= 4 is 11.7 Å². The minimum Gasteiger partial charge on any atom is -0.457 e. The van der Waals surface area contributed by atoms with Crippen molar-refractivity contribution < 1.29 is 14.6 Å². The van der Waals surface area contributed by atoms with Crippen LogP contribution in [0.25, 0.3) is 0 Å². The van der Waals surface area contributed by atoms with Gasteiger partial charge in [0.1, 0.15) is 12.8 Å². The highest BCUT2D eigenvalue weighted by Gasteiger charge is 2.52. The van der Waals surface area contributed by atoms with Crippen LogP contribution >= 0.6 is 0 Å². The van der Waals surface area contributed by atoms with Crippen molar-refractivity contribution in [3.63, 3.8) is 0 Å². The molecule has 6 nitrogen and oxygen atoms in total. The minimum atomic E-state index is -0.594. The molecule has 1 atom stereocenters. The van der Waals surface area contributed by atoms with Crippen LogP contribution in [0.15, 0.2) is 84.9 Å². The van der Waals surface area contributed by atoms with Gasteiger partial charge in [-0.05, 0) is 61.3 Å². The molecule has 2 aliphatic rings. The fourth-order valence-corrected chi connectivity index (χ4v) is 5.19. The summed E-state index contributed by atoms with van der Waals surface area (Å²) < 4.78 is 5.51. The highest BCUT2D eigenvalue weighted by Crippen LogP contribution is 2.41. The van der Waals surface area contributed by atoms with E-state index in [1.165, 1.54) is 0 Å². The number of aliphatic hydroxyl groups is 1. The van der Waals surface area contributed by atoms with E-state index in [-0.39, 0.29) is 18.1 Å². The third-order valence-electron chi connectivity index (χ3n) is 6.99. The van der Waals surface area contributed by atoms with Gasteiger partial charge in [0.2, 0.25) is 0 Å². The Hall–Kier alpha value is -3.19. The van der Waals surface area contributed by atoms with Gasteiger partial charge in [-0.25, -0.2) is 4.79 Å². The Balaban J connectivity index is 1.31. The second kappa shape index (κ2) is 9.97. The molecule has 1 spiro atoms. The van der Waals surface area contributed by atoms with E-state index in [1.54, 1.807) is 6.07 Å². The van der Waals surface area contributed by atoms with Crippen LogP contribution in [0.1, 0.15) is 34.3 Å². The molecule has 3 aromatic rings. The number of piperidine rings is 1. The molecule has 1 unspecified atom stereocenters. The molecular formula is C28H31N3O3. The number of aliphatic hydroxyl groups excluding tert-OH is 1. The van der Waals surface area contributed by atoms with Crippen molar-refractivity contribution in [3.05, 3.63) is 102 Å². The lowest BCUT2D eigenvalue weighted by Gasteiger charge is -2.44. The molecule has 6 heteroatoms. The van der Waals surface area contributed by atoms with Gasteiger partial charge < -0.3 is 20.1 Å². The van der Waals surface area contributed by atoms with Gasteiger partial charge in [-0.15, -0.1) is 0 Å². The maximum atomic E-state index is 12.7. The molecule has 2 saturated heterocycles. The summed E-state index contributed by atoms with van der Waals surface area (Å²) in [6.45, 7) is 3.21. The number of hydrogen-bond acceptors (Lipinski definition) is 6. The Kier molecular flexibility index (Phi) is 6.63. The fourth-order valence-electron chi connectivity index (χ4n) is 5.19. The van der Waals surface area contributed by atoms with E-state index in [2.05, 4.69) is 27.2 Å². The monoisotopic (exact) mass is 457 g/mol. The first kappa shape index (κ1) is 22.6. The van der Waals surface area contributed by atoms with Gasteiger partial charge >= 0.3 is 5.97 Å². The first-order valence-electron chi connectivity index (χ1n) is 11.9. The van der Waals surface area contributed by atoms with Crippen LogP contribution in [-0.4, -0.2) is 47.5 Å². The molecule has 3 aromatic carbocycles. The summed E-state index contributed by atoms with van der Waals surface area (Å²) in [7, 11) is 0. The molecule has 34 heavy (non-hydrogen) atoms. The first-order chi connectivity index (χ1) is 16.7. The summed E-state index contributed by atoms with van der Waals surface area (Å²) in [4.78, 5) is 17.1. The van der Waals surface area contributed by atoms with Crippen LogP contribution in [-0.2, 0) is 17.9 Å². The van der Waals surface area contributed by atoms with Crippen molar-refractivity contribution in [2.24, 2.45) is 0 Å². The van der Waals surface area contributed by atoms with Crippen LogP contribution < -0.4 is 10.2 Å². The van der Waals surface area contributed by atoms with Gasteiger partial charge in [-0.3, -0.25) is 4.90 Å². The standard InChI is InChI=1S/C28H31N3O3/c32-26(34-20-22-8-3-1-4-9-22)24-11-7-10-23(18-24)19-30-21-31(25-12-5-2-6-13-25)28(27(30)33)14-16-29-17-15-28/h1-13,18,27,29,33H,14-17,19-21H2. The third-order valence-corrected chi connectivity index (χ3v) is 6.99. The smallest absolute Gasteiger partial charge is 0.338 e. The van der Waals surface area contributed by atoms with E-state index in [0.29, 0.717) is 18.8 Å². The predicted molar refractivity (Wildman–Crippen MR) is 132 cm³/mol. The van der Waals surface area contributed by atoms with Gasteiger partial charge in [0.15, 0.2) is 0 Å². The van der Waals surface area contributed by atoms with Gasteiger partial charge in [0, 0.05) is 12.2 Å². The third kappa shape index (κ3) is 4.57. The number of carbonyl (C=O) groups excluding carboxylic acids is 1. The Morgan fingerprint density at radius 3 is 2.35 bits per heavy atom. The zero-order chi connectivity index (χ0) is 23.4. The van der Waals surface area contributed by atoms with Crippen LogP contribution in [0.4, 0.5) is 5.69 Å². The molecule has 0 saturated carbocycles. The number of hydrogen-bond donors (Lipinski definition) is 2. The predicted octanol–water partition coefficient (Wildman–Crippen LogP) is 3.76. The highest BCUT2D eigenvalue weighted by molar-refractivity contribution is 5.89. The minimum absolute atomic E-state index is 0.247. The molecule has 0 aromatic heterocycles. The molecule has 5 rings (SSSR count). The quantitative estimate of drug-likeness (QED) is 0.550. The molecular weight excluding hydrogens is 426 g/mol. The summed E-state index contributed by atoms with van der Waals surface area (Å²) in [5.74, 6) is -0.339. The fraction of sp³-hybridized carbons (Fsp3) is 0.321. The van der Waals surface area contributed by atoms with Crippen LogP contribution in [0.5, 0.6) is 0 Å². The molecule has 2 heterocycles. The van der Waals surface area contributed by atoms with Crippen LogP contribution in [0.3, 0.4) is 0 Å². The number of para-hydroxylation sites is 1. The lowest BCUT2D eigenvalue weighted by Crippen LogP contribution is -2.57. The SMILES string of the molecule is O=C(OCc1ccccc1)c1cccc(CN2CN(c3ccccc3)C3(CCNCC3)C2O)c1. The number of nitrogens with zero attached hydrogens (tertiary/aromatic N) is 2. The van der Waals surface area contributed by atoms with Crippen molar-refractivity contribution in [2.45, 2.75) is 37.8 Å². The maximum absolute atomic E-state index is 12.7. The Labute approximate surface area is 200 Å². The van der Waals surface area contributed by atoms with E-state index >= 15 is 0 Å². The summed E-state index contributed by atoms with van der Waals surface area (Å²) >= 11 is 0. The molecule has 2 aliphatic heterocycles. The van der Waals surface area contributed by atoms with E-state index < -0.39 is 6.23 Å². The number of benzene rings is 3. The summed E-state index contributed by atoms with van der Waals surface area (Å²) in [6.07, 6.45) is 1.17. The molecule has 2 fully saturated rings. The highest BCUT2D eigenvalue weighted by atomic mass is 16.5. The first-order valence-corrected chi connectivity index (χ1v) is 11.9. The lowest BCUT2D eigenvalue weighted by atomic mass is 9.85. The van der Waals surface area contributed by atoms with Gasteiger partial charge in [-0.1, -0.05) is 60.7 Å². The average Bonchev–Trinajstić information content (AvgIpc) is 3.15. The molecule has 0 bridgehead atoms. The molecule has 2 N–H and O–H groups in total. The number of ether oxygens (including phenoxy) is 1. The molecule has 176 valence electrons. The molecule has 0 aliphatic carbocycles. The van der Waals surface area contributed by atoms with E-state index in [9.17, 15) is 9.90 Å². The van der Waals surface area contributed by atoms with Gasteiger partial charge in [0.25, 0.3) is 0 Å². The Bertz CT molecular complexity index is 1100. The zero-order valence-corrected chi connectivity index (χ0v) is 19.3. The van der Waals surface area contributed by atoms with E-state index in [4.69, 9.17) is 4.74 Å².